The van der Waals surface area contributed by atoms with Gasteiger partial charge in [0.25, 0.3) is 0 Å². The predicted molar refractivity (Wildman–Crippen MR) is 75.9 cm³/mol. The summed E-state index contributed by atoms with van der Waals surface area (Å²) in [6, 6.07) is 8.45. The van der Waals surface area contributed by atoms with Gasteiger partial charge in [-0.25, -0.2) is 0 Å². The van der Waals surface area contributed by atoms with Crippen molar-refractivity contribution in [2.24, 2.45) is 17.8 Å². The molecule has 0 radical (unpaired) electrons. The first-order chi connectivity index (χ1) is 9.31. The van der Waals surface area contributed by atoms with Crippen LogP contribution in [0, 0.1) is 17.8 Å². The summed E-state index contributed by atoms with van der Waals surface area (Å²) in [7, 11) is 1.73. The first kappa shape index (κ1) is 13.1. The third kappa shape index (κ3) is 2.70. The molecule has 3 atom stereocenters. The highest BCUT2D eigenvalue weighted by Crippen LogP contribution is 2.60. The molecule has 0 bridgehead atoms. The van der Waals surface area contributed by atoms with Crippen LogP contribution in [0.25, 0.3) is 0 Å². The fourth-order valence-corrected chi connectivity index (χ4v) is 3.84. The molecule has 0 aliphatic heterocycles. The zero-order chi connectivity index (χ0) is 13.2. The number of aliphatic hydroxyl groups is 1. The highest BCUT2D eigenvalue weighted by atomic mass is 16.5. The Hall–Kier alpha value is -0.860. The molecule has 2 heteroatoms. The maximum atomic E-state index is 10.5. The van der Waals surface area contributed by atoms with Gasteiger partial charge in [-0.05, 0) is 48.1 Å². The number of methoxy groups -OCH3 is 1. The Morgan fingerprint density at radius 1 is 1.16 bits per heavy atom. The standard InChI is InChI=1S/C17H24O2/c1-19-11-10-12-6-8-13(9-7-12)17(18)16-14-4-2-3-5-15(14)16/h6-9,14-18H,2-5,10-11H2,1H3. The van der Waals surface area contributed by atoms with Crippen molar-refractivity contribution in [2.45, 2.75) is 38.2 Å². The van der Waals surface area contributed by atoms with Gasteiger partial charge in [0.05, 0.1) is 12.7 Å². The van der Waals surface area contributed by atoms with Crippen LogP contribution in [-0.2, 0) is 11.2 Å². The van der Waals surface area contributed by atoms with Crippen LogP contribution in [0.5, 0.6) is 0 Å². The highest BCUT2D eigenvalue weighted by Gasteiger charge is 2.54. The summed E-state index contributed by atoms with van der Waals surface area (Å²) in [6.45, 7) is 0.759. The van der Waals surface area contributed by atoms with E-state index in [1.165, 1.54) is 31.2 Å². The van der Waals surface area contributed by atoms with Crippen molar-refractivity contribution in [3.63, 3.8) is 0 Å². The molecular formula is C17H24O2. The molecule has 2 aliphatic rings. The van der Waals surface area contributed by atoms with Gasteiger partial charge >= 0.3 is 0 Å². The highest BCUT2D eigenvalue weighted by molar-refractivity contribution is 5.26. The molecule has 2 saturated carbocycles. The minimum atomic E-state index is -0.246. The third-order valence-electron chi connectivity index (χ3n) is 5.00. The maximum Gasteiger partial charge on any atom is 0.0823 e. The Bertz CT molecular complexity index is 400. The Balaban J connectivity index is 1.62. The van der Waals surface area contributed by atoms with Gasteiger partial charge in [0.15, 0.2) is 0 Å². The summed E-state index contributed by atoms with van der Waals surface area (Å²) < 4.78 is 5.09. The third-order valence-corrected chi connectivity index (χ3v) is 5.00. The summed E-state index contributed by atoms with van der Waals surface area (Å²) in [6.07, 6.45) is 6.09. The van der Waals surface area contributed by atoms with E-state index in [1.54, 1.807) is 7.11 Å². The van der Waals surface area contributed by atoms with Gasteiger partial charge in [0.2, 0.25) is 0 Å². The van der Waals surface area contributed by atoms with E-state index in [0.717, 1.165) is 30.4 Å². The lowest BCUT2D eigenvalue weighted by atomic mass is 10.0. The van der Waals surface area contributed by atoms with E-state index in [2.05, 4.69) is 24.3 Å². The van der Waals surface area contributed by atoms with E-state index in [4.69, 9.17) is 4.74 Å². The van der Waals surface area contributed by atoms with Crippen LogP contribution in [0.3, 0.4) is 0 Å². The van der Waals surface area contributed by atoms with Gasteiger partial charge in [-0.1, -0.05) is 37.1 Å². The van der Waals surface area contributed by atoms with E-state index in [9.17, 15) is 5.11 Å². The number of benzene rings is 1. The number of aliphatic hydroxyl groups excluding tert-OH is 1. The number of hydrogen-bond donors (Lipinski definition) is 1. The summed E-state index contributed by atoms with van der Waals surface area (Å²) in [4.78, 5) is 0. The Morgan fingerprint density at radius 3 is 2.37 bits per heavy atom. The van der Waals surface area contributed by atoms with Gasteiger partial charge < -0.3 is 9.84 Å². The second-order valence-electron chi connectivity index (χ2n) is 6.12. The molecule has 2 aliphatic carbocycles. The van der Waals surface area contributed by atoms with Crippen LogP contribution < -0.4 is 0 Å². The molecule has 3 rings (SSSR count). The molecule has 2 fully saturated rings. The molecule has 1 N–H and O–H groups in total. The molecule has 0 spiro atoms. The summed E-state index contributed by atoms with van der Waals surface area (Å²) in [5.74, 6) is 2.14. The Kier molecular flexibility index (Phi) is 3.90. The molecule has 0 heterocycles. The van der Waals surface area contributed by atoms with Crippen molar-refractivity contribution in [2.75, 3.05) is 13.7 Å². The van der Waals surface area contributed by atoms with Gasteiger partial charge in [-0.2, -0.15) is 0 Å². The van der Waals surface area contributed by atoms with E-state index in [-0.39, 0.29) is 6.10 Å². The fraction of sp³-hybridized carbons (Fsp3) is 0.647. The molecule has 3 unspecified atom stereocenters. The topological polar surface area (TPSA) is 29.5 Å². The van der Waals surface area contributed by atoms with Crippen molar-refractivity contribution in [3.8, 4) is 0 Å². The maximum absolute atomic E-state index is 10.5. The minimum Gasteiger partial charge on any atom is -0.388 e. The van der Waals surface area contributed by atoms with Crippen LogP contribution in [0.1, 0.15) is 42.9 Å². The van der Waals surface area contributed by atoms with Gasteiger partial charge in [-0.3, -0.25) is 0 Å². The molecule has 0 aromatic heterocycles. The zero-order valence-electron chi connectivity index (χ0n) is 11.7. The van der Waals surface area contributed by atoms with E-state index in [0.29, 0.717) is 5.92 Å². The quantitative estimate of drug-likeness (QED) is 0.879. The first-order valence-corrected chi connectivity index (χ1v) is 7.57. The Labute approximate surface area is 115 Å². The lowest BCUT2D eigenvalue weighted by Gasteiger charge is -2.11. The zero-order valence-corrected chi connectivity index (χ0v) is 11.7. The summed E-state index contributed by atoms with van der Waals surface area (Å²) in [5, 5.41) is 10.5. The fourth-order valence-electron chi connectivity index (χ4n) is 3.84. The molecule has 0 saturated heterocycles. The second-order valence-corrected chi connectivity index (χ2v) is 6.12. The smallest absolute Gasteiger partial charge is 0.0823 e. The molecule has 104 valence electrons. The lowest BCUT2D eigenvalue weighted by molar-refractivity contribution is 0.142. The van der Waals surface area contributed by atoms with Gasteiger partial charge in [-0.15, -0.1) is 0 Å². The van der Waals surface area contributed by atoms with E-state index < -0.39 is 0 Å². The second kappa shape index (κ2) is 5.64. The minimum absolute atomic E-state index is 0.246. The van der Waals surface area contributed by atoms with Crippen LogP contribution >= 0.6 is 0 Å². The number of rotatable bonds is 5. The molecule has 2 nitrogen and oxygen atoms in total. The normalized spacial score (nSPS) is 30.7. The molecule has 19 heavy (non-hydrogen) atoms. The number of fused-ring (bicyclic) bond motifs is 1. The van der Waals surface area contributed by atoms with Crippen LogP contribution in [0.2, 0.25) is 0 Å². The van der Waals surface area contributed by atoms with Crippen molar-refractivity contribution in [1.82, 2.24) is 0 Å². The average molecular weight is 260 g/mol. The van der Waals surface area contributed by atoms with Crippen LogP contribution in [0.15, 0.2) is 24.3 Å². The van der Waals surface area contributed by atoms with Crippen molar-refractivity contribution >= 4 is 0 Å². The van der Waals surface area contributed by atoms with Crippen molar-refractivity contribution in [1.29, 1.82) is 0 Å². The van der Waals surface area contributed by atoms with Crippen molar-refractivity contribution < 1.29 is 9.84 Å². The summed E-state index contributed by atoms with van der Waals surface area (Å²) >= 11 is 0. The van der Waals surface area contributed by atoms with Crippen molar-refractivity contribution in [3.05, 3.63) is 35.4 Å². The Morgan fingerprint density at radius 2 is 1.79 bits per heavy atom. The number of hydrogen-bond acceptors (Lipinski definition) is 2. The predicted octanol–water partition coefficient (Wildman–Crippen LogP) is 3.35. The molecular weight excluding hydrogens is 236 g/mol. The average Bonchev–Trinajstić information content (AvgIpc) is 3.19. The molecule has 1 aromatic rings. The van der Waals surface area contributed by atoms with Gasteiger partial charge in [0.1, 0.15) is 0 Å². The summed E-state index contributed by atoms with van der Waals surface area (Å²) in [5.41, 5.74) is 2.38. The molecule has 1 aromatic carbocycles. The van der Waals surface area contributed by atoms with E-state index >= 15 is 0 Å². The monoisotopic (exact) mass is 260 g/mol. The first-order valence-electron chi connectivity index (χ1n) is 7.57. The van der Waals surface area contributed by atoms with Crippen LogP contribution in [0.4, 0.5) is 0 Å². The SMILES string of the molecule is COCCc1ccc(C(O)C2C3CCCCC32)cc1. The lowest BCUT2D eigenvalue weighted by Crippen LogP contribution is -2.03. The number of ether oxygens (including phenoxy) is 1. The largest absolute Gasteiger partial charge is 0.388 e. The van der Waals surface area contributed by atoms with Crippen LogP contribution in [-0.4, -0.2) is 18.8 Å². The van der Waals surface area contributed by atoms with E-state index in [1.807, 2.05) is 0 Å². The van der Waals surface area contributed by atoms with Gasteiger partial charge in [0, 0.05) is 7.11 Å². The molecule has 0 amide bonds.